The predicted octanol–water partition coefficient (Wildman–Crippen LogP) is 5.67. The zero-order valence-corrected chi connectivity index (χ0v) is 18.3. The molecule has 0 aliphatic rings. The van der Waals surface area contributed by atoms with Gasteiger partial charge in [-0.1, -0.05) is 86.4 Å². The number of hydrogen-bond acceptors (Lipinski definition) is 3. The second kappa shape index (κ2) is 13.7. The summed E-state index contributed by atoms with van der Waals surface area (Å²) in [6, 6.07) is 11.2. The molecule has 27 heavy (non-hydrogen) atoms. The molecule has 0 aliphatic carbocycles. The summed E-state index contributed by atoms with van der Waals surface area (Å²) >= 11 is 0. The SMILES string of the molecule is C[C@H](/C=C\C/C=C/C[C@@H](O)/C=C/c1ccccc1)OCOCC[Si](C)(C)C. The minimum atomic E-state index is -1.02. The zero-order valence-electron chi connectivity index (χ0n) is 17.3. The highest BCUT2D eigenvalue weighted by Crippen LogP contribution is 2.08. The van der Waals surface area contributed by atoms with Crippen LogP contribution in [0.4, 0.5) is 0 Å². The van der Waals surface area contributed by atoms with Crippen LogP contribution < -0.4 is 0 Å². The predicted molar refractivity (Wildman–Crippen MR) is 119 cm³/mol. The van der Waals surface area contributed by atoms with E-state index in [4.69, 9.17) is 9.47 Å². The second-order valence-electron chi connectivity index (χ2n) is 7.92. The van der Waals surface area contributed by atoms with E-state index in [1.807, 2.05) is 61.6 Å². The highest BCUT2D eigenvalue weighted by molar-refractivity contribution is 6.76. The summed E-state index contributed by atoms with van der Waals surface area (Å²) in [5, 5.41) is 9.96. The van der Waals surface area contributed by atoms with Crippen LogP contribution in [0.25, 0.3) is 6.08 Å². The van der Waals surface area contributed by atoms with Crippen molar-refractivity contribution < 1.29 is 14.6 Å². The quantitative estimate of drug-likeness (QED) is 0.205. The van der Waals surface area contributed by atoms with Crippen molar-refractivity contribution in [2.45, 2.75) is 57.7 Å². The summed E-state index contributed by atoms with van der Waals surface area (Å²) in [5.74, 6) is 0. The Labute approximate surface area is 166 Å². The van der Waals surface area contributed by atoms with Crippen LogP contribution in [0.15, 0.2) is 60.7 Å². The van der Waals surface area contributed by atoms with E-state index in [1.54, 1.807) is 0 Å². The first-order valence-corrected chi connectivity index (χ1v) is 13.5. The lowest BCUT2D eigenvalue weighted by Crippen LogP contribution is -2.22. The molecule has 0 bridgehead atoms. The second-order valence-corrected chi connectivity index (χ2v) is 13.5. The van der Waals surface area contributed by atoms with Crippen molar-refractivity contribution in [1.29, 1.82) is 0 Å². The summed E-state index contributed by atoms with van der Waals surface area (Å²) in [6.45, 7) is 10.2. The van der Waals surface area contributed by atoms with Crippen LogP contribution in [0, 0.1) is 0 Å². The van der Waals surface area contributed by atoms with Crippen LogP contribution >= 0.6 is 0 Å². The Balaban J connectivity index is 2.10. The van der Waals surface area contributed by atoms with Crippen LogP contribution in [0.3, 0.4) is 0 Å². The van der Waals surface area contributed by atoms with Gasteiger partial charge in [0.1, 0.15) is 6.79 Å². The normalized spacial score (nSPS) is 15.1. The molecular weight excluding hydrogens is 352 g/mol. The van der Waals surface area contributed by atoms with Crippen molar-refractivity contribution in [3.05, 3.63) is 66.3 Å². The molecule has 2 atom stereocenters. The monoisotopic (exact) mass is 388 g/mol. The van der Waals surface area contributed by atoms with Crippen molar-refractivity contribution in [2.75, 3.05) is 13.4 Å². The van der Waals surface area contributed by atoms with E-state index in [1.165, 1.54) is 0 Å². The van der Waals surface area contributed by atoms with Gasteiger partial charge in [0.25, 0.3) is 0 Å². The van der Waals surface area contributed by atoms with Crippen molar-refractivity contribution in [3.63, 3.8) is 0 Å². The standard InChI is InChI=1S/C23H36O3Si/c1-21(26-20-25-18-19-27(2,3)4)12-8-5-6-11-15-23(24)17-16-22-13-9-7-10-14-22/h6-14,16-17,21,23-24H,5,15,18-20H2,1-4H3/b11-6+,12-8-,17-16+/t21-,23-/m1/s1. The van der Waals surface area contributed by atoms with Gasteiger partial charge >= 0.3 is 0 Å². The van der Waals surface area contributed by atoms with Gasteiger partial charge in [0.05, 0.1) is 12.2 Å². The third-order valence-corrected chi connectivity index (χ3v) is 5.65. The van der Waals surface area contributed by atoms with Crippen molar-refractivity contribution in [3.8, 4) is 0 Å². The summed E-state index contributed by atoms with van der Waals surface area (Å²) in [4.78, 5) is 0. The molecule has 3 nitrogen and oxygen atoms in total. The van der Waals surface area contributed by atoms with E-state index < -0.39 is 14.2 Å². The zero-order chi connectivity index (χ0) is 20.0. The molecule has 0 spiro atoms. The van der Waals surface area contributed by atoms with Crippen LogP contribution in [-0.4, -0.2) is 38.8 Å². The summed E-state index contributed by atoms with van der Waals surface area (Å²) in [5.41, 5.74) is 1.10. The van der Waals surface area contributed by atoms with E-state index in [9.17, 15) is 5.11 Å². The Morgan fingerprint density at radius 2 is 1.78 bits per heavy atom. The summed E-state index contributed by atoms with van der Waals surface area (Å²) < 4.78 is 11.1. The first kappa shape index (κ1) is 23.6. The molecule has 4 heteroatoms. The van der Waals surface area contributed by atoms with Gasteiger partial charge in [0, 0.05) is 14.7 Å². The van der Waals surface area contributed by atoms with Gasteiger partial charge in [-0.3, -0.25) is 0 Å². The Bertz CT molecular complexity index is 573. The van der Waals surface area contributed by atoms with Crippen LogP contribution in [-0.2, 0) is 9.47 Å². The van der Waals surface area contributed by atoms with E-state index in [0.29, 0.717) is 13.2 Å². The average molecular weight is 389 g/mol. The Morgan fingerprint density at radius 3 is 2.48 bits per heavy atom. The highest BCUT2D eigenvalue weighted by atomic mass is 28.3. The average Bonchev–Trinajstić information content (AvgIpc) is 2.62. The van der Waals surface area contributed by atoms with Crippen LogP contribution in [0.1, 0.15) is 25.3 Å². The van der Waals surface area contributed by atoms with Gasteiger partial charge in [-0.05, 0) is 31.4 Å². The van der Waals surface area contributed by atoms with E-state index >= 15 is 0 Å². The molecule has 150 valence electrons. The highest BCUT2D eigenvalue weighted by Gasteiger charge is 2.11. The number of rotatable bonds is 13. The van der Waals surface area contributed by atoms with Gasteiger partial charge in [-0.15, -0.1) is 0 Å². The third kappa shape index (κ3) is 14.3. The lowest BCUT2D eigenvalue weighted by atomic mass is 10.1. The fraction of sp³-hybridized carbons (Fsp3) is 0.478. The van der Waals surface area contributed by atoms with Crippen LogP contribution in [0.5, 0.6) is 0 Å². The molecule has 1 aromatic carbocycles. The molecule has 0 amide bonds. The summed E-state index contributed by atoms with van der Waals surface area (Å²) in [7, 11) is -1.02. The lowest BCUT2D eigenvalue weighted by molar-refractivity contribution is -0.0665. The molecule has 0 unspecified atom stereocenters. The van der Waals surface area contributed by atoms with Crippen molar-refractivity contribution in [2.24, 2.45) is 0 Å². The largest absolute Gasteiger partial charge is 0.389 e. The maximum absolute atomic E-state index is 9.96. The number of allylic oxidation sites excluding steroid dienone is 2. The lowest BCUT2D eigenvalue weighted by Gasteiger charge is -2.16. The fourth-order valence-corrected chi connectivity index (χ4v) is 2.95. The molecule has 0 saturated heterocycles. The van der Waals surface area contributed by atoms with Gasteiger partial charge < -0.3 is 14.6 Å². The fourth-order valence-electron chi connectivity index (χ4n) is 2.19. The van der Waals surface area contributed by atoms with Gasteiger partial charge in [0.2, 0.25) is 0 Å². The topological polar surface area (TPSA) is 38.7 Å². The molecule has 0 saturated carbocycles. The van der Waals surface area contributed by atoms with Crippen molar-refractivity contribution >= 4 is 14.1 Å². The Morgan fingerprint density at radius 1 is 1.04 bits per heavy atom. The van der Waals surface area contributed by atoms with Gasteiger partial charge in [0.15, 0.2) is 0 Å². The number of hydrogen-bond donors (Lipinski definition) is 1. The first-order chi connectivity index (χ1) is 12.9. The first-order valence-electron chi connectivity index (χ1n) is 9.79. The Kier molecular flexibility index (Phi) is 11.9. The maximum Gasteiger partial charge on any atom is 0.147 e. The molecule has 0 aliphatic heterocycles. The summed E-state index contributed by atoms with van der Waals surface area (Å²) in [6.07, 6.45) is 13.0. The molecule has 0 radical (unpaired) electrons. The number of aliphatic hydroxyl groups excluding tert-OH is 1. The smallest absolute Gasteiger partial charge is 0.147 e. The maximum atomic E-state index is 9.96. The minimum Gasteiger partial charge on any atom is -0.389 e. The number of benzene rings is 1. The molecule has 1 aromatic rings. The van der Waals surface area contributed by atoms with Crippen molar-refractivity contribution in [1.82, 2.24) is 0 Å². The Hall–Kier alpha value is -1.46. The number of ether oxygens (including phenoxy) is 2. The molecule has 1 N–H and O–H groups in total. The number of aliphatic hydroxyl groups is 1. The van der Waals surface area contributed by atoms with Gasteiger partial charge in [-0.25, -0.2) is 0 Å². The van der Waals surface area contributed by atoms with E-state index in [2.05, 4.69) is 31.8 Å². The minimum absolute atomic E-state index is 0.0460. The molecule has 0 aromatic heterocycles. The molecular formula is C23H36O3Si. The molecule has 0 fully saturated rings. The third-order valence-electron chi connectivity index (χ3n) is 3.94. The molecule has 1 rings (SSSR count). The van der Waals surface area contributed by atoms with Gasteiger partial charge in [-0.2, -0.15) is 0 Å². The van der Waals surface area contributed by atoms with E-state index in [-0.39, 0.29) is 6.10 Å². The van der Waals surface area contributed by atoms with E-state index in [0.717, 1.165) is 24.6 Å². The molecule has 0 heterocycles. The van der Waals surface area contributed by atoms with Crippen LogP contribution in [0.2, 0.25) is 25.7 Å².